The van der Waals surface area contributed by atoms with Crippen LogP contribution in [0.2, 0.25) is 0 Å². The highest BCUT2D eigenvalue weighted by molar-refractivity contribution is 7.85. The average Bonchev–Trinajstić information content (AvgIpc) is 2.96. The van der Waals surface area contributed by atoms with Crippen LogP contribution in [0.1, 0.15) is 155 Å². The van der Waals surface area contributed by atoms with Crippen molar-refractivity contribution in [2.45, 2.75) is 167 Å². The van der Waals surface area contributed by atoms with E-state index in [0.29, 0.717) is 12.8 Å². The summed E-state index contributed by atoms with van der Waals surface area (Å²) >= 11 is 0. The first-order valence-electron chi connectivity index (χ1n) is 17.3. The van der Waals surface area contributed by atoms with Gasteiger partial charge in [-0.2, -0.15) is 8.42 Å². The normalized spacial score (nSPS) is 14.0. The topological polar surface area (TPSA) is 104 Å². The Kier molecular flexibility index (Phi) is 29.1. The molecule has 0 saturated carbocycles. The first-order valence-corrected chi connectivity index (χ1v) is 18.9. The Balaban J connectivity index is 4.11. The van der Waals surface area contributed by atoms with Gasteiger partial charge in [-0.25, -0.2) is 0 Å². The summed E-state index contributed by atoms with van der Waals surface area (Å²) in [6.07, 6.45) is 39.6. The van der Waals surface area contributed by atoms with Crippen LogP contribution in [0.25, 0.3) is 0 Å². The first kappa shape index (κ1) is 41.3. The fourth-order valence-electron chi connectivity index (χ4n) is 4.83. The Morgan fingerprint density at radius 2 is 1.05 bits per heavy atom. The minimum Gasteiger partial charge on any atom is -0.387 e. The lowest BCUT2D eigenvalue weighted by Crippen LogP contribution is -2.46. The number of rotatable bonds is 30. The highest BCUT2D eigenvalue weighted by atomic mass is 32.2. The third kappa shape index (κ3) is 31.5. The minimum atomic E-state index is -4.35. The van der Waals surface area contributed by atoms with E-state index in [4.69, 9.17) is 0 Å². The third-order valence-corrected chi connectivity index (χ3v) is 8.22. The van der Waals surface area contributed by atoms with Gasteiger partial charge in [0.2, 0.25) is 5.91 Å². The number of carbonyl (C=O) groups excluding carboxylic acids is 1. The summed E-state index contributed by atoms with van der Waals surface area (Å²) in [6, 6.07) is -1.08. The minimum absolute atomic E-state index is 0.272. The van der Waals surface area contributed by atoms with Gasteiger partial charge in [-0.3, -0.25) is 9.35 Å². The Labute approximate surface area is 265 Å². The van der Waals surface area contributed by atoms with Crippen LogP contribution in [0, 0.1) is 0 Å². The van der Waals surface area contributed by atoms with E-state index >= 15 is 0 Å². The Morgan fingerprint density at radius 1 is 0.605 bits per heavy atom. The predicted molar refractivity (Wildman–Crippen MR) is 184 cm³/mol. The van der Waals surface area contributed by atoms with Crippen LogP contribution in [-0.2, 0) is 14.9 Å². The van der Waals surface area contributed by atoms with Crippen LogP contribution in [0.15, 0.2) is 48.6 Å². The number of unbranched alkanes of at least 4 members (excludes halogenated alkanes) is 16. The van der Waals surface area contributed by atoms with E-state index in [1.54, 1.807) is 6.08 Å². The van der Waals surface area contributed by atoms with Crippen LogP contribution in [0.3, 0.4) is 0 Å². The SMILES string of the molecule is CCC/C=C\CCCCCCCC(=O)NC(CS(=O)(=O)O)C(O)/C=C/CC/C=C/CC/C=C/CCCCCCCCCC. The molecule has 0 fully saturated rings. The maximum absolute atomic E-state index is 12.4. The zero-order valence-corrected chi connectivity index (χ0v) is 28.4. The van der Waals surface area contributed by atoms with Gasteiger partial charge < -0.3 is 10.4 Å². The quantitative estimate of drug-likeness (QED) is 0.0420. The summed E-state index contributed by atoms with van der Waals surface area (Å²) in [5.41, 5.74) is 0. The number of hydrogen-bond acceptors (Lipinski definition) is 4. The molecular formula is C36H65NO5S. The summed E-state index contributed by atoms with van der Waals surface area (Å²) < 4.78 is 32.2. The molecular weight excluding hydrogens is 558 g/mol. The van der Waals surface area contributed by atoms with Crippen molar-refractivity contribution in [2.24, 2.45) is 0 Å². The van der Waals surface area contributed by atoms with Crippen molar-refractivity contribution in [3.05, 3.63) is 48.6 Å². The summed E-state index contributed by atoms with van der Waals surface area (Å²) in [5.74, 6) is -1.03. The highest BCUT2D eigenvalue weighted by Gasteiger charge is 2.24. The molecule has 1 amide bonds. The monoisotopic (exact) mass is 623 g/mol. The molecule has 43 heavy (non-hydrogen) atoms. The molecule has 2 atom stereocenters. The van der Waals surface area contributed by atoms with Crippen molar-refractivity contribution in [3.63, 3.8) is 0 Å². The van der Waals surface area contributed by atoms with E-state index in [0.717, 1.165) is 57.8 Å². The number of aliphatic hydroxyl groups excluding tert-OH is 1. The van der Waals surface area contributed by atoms with Crippen molar-refractivity contribution in [1.29, 1.82) is 0 Å². The van der Waals surface area contributed by atoms with Crippen molar-refractivity contribution >= 4 is 16.0 Å². The molecule has 0 aliphatic heterocycles. The van der Waals surface area contributed by atoms with Crippen LogP contribution in [-0.4, -0.2) is 41.9 Å². The molecule has 6 nitrogen and oxygen atoms in total. The number of carbonyl (C=O) groups is 1. The van der Waals surface area contributed by atoms with Gasteiger partial charge in [0.25, 0.3) is 10.1 Å². The average molecular weight is 624 g/mol. The molecule has 0 aliphatic carbocycles. The molecule has 0 spiro atoms. The van der Waals surface area contributed by atoms with Gasteiger partial charge in [0.1, 0.15) is 0 Å². The smallest absolute Gasteiger partial charge is 0.267 e. The third-order valence-electron chi connectivity index (χ3n) is 7.44. The van der Waals surface area contributed by atoms with Crippen molar-refractivity contribution in [2.75, 3.05) is 5.75 Å². The summed E-state index contributed by atoms with van der Waals surface area (Å²) in [6.45, 7) is 4.42. The van der Waals surface area contributed by atoms with E-state index in [1.807, 2.05) is 0 Å². The maximum atomic E-state index is 12.4. The van der Waals surface area contributed by atoms with E-state index in [9.17, 15) is 22.9 Å². The molecule has 0 rings (SSSR count). The number of amides is 1. The van der Waals surface area contributed by atoms with Gasteiger partial charge in [0, 0.05) is 6.42 Å². The lowest BCUT2D eigenvalue weighted by Gasteiger charge is -2.21. The number of hydrogen-bond donors (Lipinski definition) is 3. The maximum Gasteiger partial charge on any atom is 0.267 e. The van der Waals surface area contributed by atoms with Gasteiger partial charge in [-0.05, 0) is 64.2 Å². The highest BCUT2D eigenvalue weighted by Crippen LogP contribution is 2.11. The van der Waals surface area contributed by atoms with Crippen molar-refractivity contribution in [1.82, 2.24) is 5.32 Å². The number of allylic oxidation sites excluding steroid dienone is 7. The van der Waals surface area contributed by atoms with Gasteiger partial charge >= 0.3 is 0 Å². The standard InChI is InChI=1S/C36H65NO5S/c1-3-5-7-9-11-13-15-16-17-18-19-20-21-22-23-25-27-29-31-35(38)34(33-43(40,41)42)37-36(39)32-30-28-26-24-14-12-10-8-6-4-2/h8,10,18-19,22-23,29,31,34-35,38H,3-7,9,11-17,20-21,24-28,30,32-33H2,1-2H3,(H,37,39)(H,40,41,42)/b10-8-,19-18+,23-22+,31-29+. The lowest BCUT2D eigenvalue weighted by atomic mass is 10.1. The zero-order chi connectivity index (χ0) is 31.9. The molecule has 0 bridgehead atoms. The van der Waals surface area contributed by atoms with Gasteiger partial charge in [-0.15, -0.1) is 0 Å². The molecule has 7 heteroatoms. The number of nitrogens with one attached hydrogen (secondary N) is 1. The summed E-state index contributed by atoms with van der Waals surface area (Å²) in [5, 5.41) is 13.1. The van der Waals surface area contributed by atoms with Crippen LogP contribution >= 0.6 is 0 Å². The van der Waals surface area contributed by atoms with E-state index < -0.39 is 28.0 Å². The Hall–Kier alpha value is -1.70. The largest absolute Gasteiger partial charge is 0.387 e. The van der Waals surface area contributed by atoms with Crippen LogP contribution in [0.5, 0.6) is 0 Å². The second-order valence-electron chi connectivity index (χ2n) is 11.8. The van der Waals surface area contributed by atoms with Gasteiger partial charge in [0.05, 0.1) is 17.9 Å². The predicted octanol–water partition coefficient (Wildman–Crippen LogP) is 9.57. The molecule has 0 radical (unpaired) electrons. The molecule has 0 aliphatic rings. The summed E-state index contributed by atoms with van der Waals surface area (Å²) in [4.78, 5) is 12.4. The Bertz CT molecular complexity index is 863. The molecule has 0 aromatic heterocycles. The molecule has 250 valence electrons. The first-order chi connectivity index (χ1) is 20.8. The zero-order valence-electron chi connectivity index (χ0n) is 27.6. The Morgan fingerprint density at radius 3 is 1.56 bits per heavy atom. The van der Waals surface area contributed by atoms with Crippen molar-refractivity contribution < 1.29 is 22.9 Å². The summed E-state index contributed by atoms with van der Waals surface area (Å²) in [7, 11) is -4.35. The van der Waals surface area contributed by atoms with Crippen LogP contribution in [0.4, 0.5) is 0 Å². The van der Waals surface area contributed by atoms with Gasteiger partial charge in [0.15, 0.2) is 0 Å². The van der Waals surface area contributed by atoms with Gasteiger partial charge in [-0.1, -0.05) is 133 Å². The number of aliphatic hydroxyl groups is 1. The van der Waals surface area contributed by atoms with E-state index in [2.05, 4.69) is 55.6 Å². The molecule has 0 aromatic rings. The fourth-order valence-corrected chi connectivity index (χ4v) is 5.57. The van der Waals surface area contributed by atoms with E-state index in [1.165, 1.54) is 70.3 Å². The van der Waals surface area contributed by atoms with Crippen LogP contribution < -0.4 is 5.32 Å². The van der Waals surface area contributed by atoms with E-state index in [-0.39, 0.29) is 12.3 Å². The molecule has 0 heterocycles. The van der Waals surface area contributed by atoms with Crippen molar-refractivity contribution in [3.8, 4) is 0 Å². The lowest BCUT2D eigenvalue weighted by molar-refractivity contribution is -0.122. The molecule has 3 N–H and O–H groups in total. The second-order valence-corrected chi connectivity index (χ2v) is 13.3. The molecule has 0 aromatic carbocycles. The molecule has 0 saturated heterocycles. The second kappa shape index (κ2) is 30.3. The molecule has 2 unspecified atom stereocenters. The fraction of sp³-hybridized carbons (Fsp3) is 0.750.